The largest absolute Gasteiger partial charge is 0.324 e. The first-order valence-electron chi connectivity index (χ1n) is 10.4. The molecule has 4 rings (SSSR count). The maximum atomic E-state index is 11.0. The number of hydrogen-bond acceptors (Lipinski definition) is 9. The van der Waals surface area contributed by atoms with E-state index in [4.69, 9.17) is 0 Å². The predicted molar refractivity (Wildman–Crippen MR) is 133 cm³/mol. The zero-order valence-electron chi connectivity index (χ0n) is 18.6. The molecule has 10 nitrogen and oxygen atoms in total. The van der Waals surface area contributed by atoms with Gasteiger partial charge in [-0.15, -0.1) is 0 Å². The van der Waals surface area contributed by atoms with Crippen molar-refractivity contribution >= 4 is 41.1 Å². The minimum Gasteiger partial charge on any atom is -0.324 e. The molecular weight excluding hydrogens is 432 g/mol. The number of aryl methyl sites for hydroxylation is 2. The lowest BCUT2D eigenvalue weighted by Gasteiger charge is -2.12. The third kappa shape index (κ3) is 5.88. The minimum absolute atomic E-state index is 0.0154. The monoisotopic (exact) mass is 454 g/mol. The second-order valence-electron chi connectivity index (χ2n) is 7.46. The summed E-state index contributed by atoms with van der Waals surface area (Å²) in [5.41, 5.74) is 7.22. The molecule has 0 bridgehead atoms. The number of aromatic nitrogens is 3. The lowest BCUT2D eigenvalue weighted by Crippen LogP contribution is -2.07. The van der Waals surface area contributed by atoms with Gasteiger partial charge in [0, 0.05) is 29.1 Å². The maximum absolute atomic E-state index is 11.0. The quantitative estimate of drug-likeness (QED) is 0.185. The molecule has 4 aromatic rings. The summed E-state index contributed by atoms with van der Waals surface area (Å²) in [4.78, 5) is 23.8. The van der Waals surface area contributed by atoms with Crippen LogP contribution in [0.4, 0.5) is 34.9 Å². The van der Waals surface area contributed by atoms with Crippen molar-refractivity contribution in [1.82, 2.24) is 15.0 Å². The topological polar surface area (TPSA) is 130 Å². The normalized spacial score (nSPS) is 10.8. The fourth-order valence-electron chi connectivity index (χ4n) is 3.15. The summed E-state index contributed by atoms with van der Waals surface area (Å²) in [6.07, 6.45) is 1.46. The molecule has 0 aliphatic heterocycles. The van der Waals surface area contributed by atoms with Gasteiger partial charge in [0.15, 0.2) is 0 Å². The number of para-hydroxylation sites is 1. The number of non-ortho nitro benzene ring substituents is 1. The van der Waals surface area contributed by atoms with Gasteiger partial charge < -0.3 is 10.6 Å². The summed E-state index contributed by atoms with van der Waals surface area (Å²) < 4.78 is 0. The van der Waals surface area contributed by atoms with E-state index in [1.165, 1.54) is 18.3 Å². The molecule has 0 radical (unpaired) electrons. The molecule has 34 heavy (non-hydrogen) atoms. The van der Waals surface area contributed by atoms with Crippen LogP contribution >= 0.6 is 0 Å². The number of nitrogens with zero attached hydrogens (tertiary/aromatic N) is 5. The van der Waals surface area contributed by atoms with E-state index < -0.39 is 4.92 Å². The highest BCUT2D eigenvalue weighted by Crippen LogP contribution is 2.22. The van der Waals surface area contributed by atoms with Crippen LogP contribution in [0.15, 0.2) is 77.9 Å². The molecule has 0 atom stereocenters. The molecule has 0 amide bonds. The summed E-state index contributed by atoms with van der Waals surface area (Å²) in [6, 6.07) is 21.7. The average Bonchev–Trinajstić information content (AvgIpc) is 2.82. The van der Waals surface area contributed by atoms with Crippen LogP contribution < -0.4 is 16.1 Å². The van der Waals surface area contributed by atoms with Crippen LogP contribution in [-0.4, -0.2) is 26.1 Å². The Labute approximate surface area is 196 Å². The Kier molecular flexibility index (Phi) is 6.68. The van der Waals surface area contributed by atoms with Crippen molar-refractivity contribution in [2.24, 2.45) is 5.10 Å². The van der Waals surface area contributed by atoms with E-state index in [-0.39, 0.29) is 11.6 Å². The Morgan fingerprint density at radius 1 is 0.853 bits per heavy atom. The molecule has 0 unspecified atom stereocenters. The van der Waals surface area contributed by atoms with Crippen molar-refractivity contribution in [2.45, 2.75) is 13.8 Å². The van der Waals surface area contributed by atoms with E-state index in [2.05, 4.69) is 42.2 Å². The Morgan fingerprint density at radius 2 is 1.59 bits per heavy atom. The van der Waals surface area contributed by atoms with Crippen LogP contribution in [-0.2, 0) is 0 Å². The second kappa shape index (κ2) is 10.2. The summed E-state index contributed by atoms with van der Waals surface area (Å²) >= 11 is 0. The summed E-state index contributed by atoms with van der Waals surface area (Å²) in [5, 5.41) is 21.5. The number of nitrogens with one attached hydrogen (secondary N) is 3. The average molecular weight is 454 g/mol. The van der Waals surface area contributed by atoms with Gasteiger partial charge in [0.25, 0.3) is 5.69 Å². The molecule has 1 aromatic heterocycles. The summed E-state index contributed by atoms with van der Waals surface area (Å²) in [6.45, 7) is 4.03. The molecule has 1 heterocycles. The van der Waals surface area contributed by atoms with Gasteiger partial charge in [-0.2, -0.15) is 20.1 Å². The molecule has 0 aliphatic rings. The number of rotatable bonds is 8. The fourth-order valence-corrected chi connectivity index (χ4v) is 3.15. The number of hydrazone groups is 1. The van der Waals surface area contributed by atoms with Gasteiger partial charge in [-0.05, 0) is 37.6 Å². The molecule has 3 N–H and O–H groups in total. The Bertz CT molecular complexity index is 1340. The predicted octanol–water partition coefficient (Wildman–Crippen LogP) is 5.33. The van der Waals surface area contributed by atoms with E-state index in [0.717, 1.165) is 22.5 Å². The lowest BCUT2D eigenvalue weighted by molar-refractivity contribution is -0.384. The van der Waals surface area contributed by atoms with Gasteiger partial charge in [0.2, 0.25) is 17.8 Å². The smallest absolute Gasteiger partial charge is 0.270 e. The van der Waals surface area contributed by atoms with Crippen LogP contribution in [0.1, 0.15) is 16.7 Å². The SMILES string of the molecule is Cc1ccc(Nc2nc(NN=Cc3cccc([N+](=O)[O-])c3)nc(Nc3ccccc3)n2)c(C)c1. The summed E-state index contributed by atoms with van der Waals surface area (Å²) in [5.74, 6) is 0.845. The van der Waals surface area contributed by atoms with Gasteiger partial charge in [-0.1, -0.05) is 48.0 Å². The number of nitro benzene ring substituents is 1. The molecule has 0 saturated heterocycles. The van der Waals surface area contributed by atoms with Gasteiger partial charge in [0.1, 0.15) is 0 Å². The first-order chi connectivity index (χ1) is 16.5. The highest BCUT2D eigenvalue weighted by molar-refractivity contribution is 5.81. The van der Waals surface area contributed by atoms with Crippen molar-refractivity contribution in [3.8, 4) is 0 Å². The molecule has 3 aromatic carbocycles. The highest BCUT2D eigenvalue weighted by Gasteiger charge is 2.09. The van der Waals surface area contributed by atoms with Crippen molar-refractivity contribution < 1.29 is 4.92 Å². The molecular formula is C24H22N8O2. The minimum atomic E-state index is -0.455. The number of nitro groups is 1. The second-order valence-corrected chi connectivity index (χ2v) is 7.46. The van der Waals surface area contributed by atoms with Gasteiger partial charge in [-0.3, -0.25) is 10.1 Å². The maximum Gasteiger partial charge on any atom is 0.270 e. The Balaban J connectivity index is 1.59. The molecule has 0 fully saturated rings. The van der Waals surface area contributed by atoms with Crippen molar-refractivity contribution in [3.05, 3.63) is 99.6 Å². The standard InChI is InChI=1S/C24H22N8O2/c1-16-11-12-21(17(2)13-16)27-23-28-22(26-19-8-4-3-5-9-19)29-24(30-23)31-25-15-18-7-6-10-20(14-18)32(33)34/h3-15H,1-2H3,(H3,26,27,28,29,30,31). The Morgan fingerprint density at radius 3 is 2.32 bits per heavy atom. The van der Waals surface area contributed by atoms with Gasteiger partial charge >= 0.3 is 0 Å². The van der Waals surface area contributed by atoms with E-state index in [0.29, 0.717) is 17.5 Å². The van der Waals surface area contributed by atoms with Crippen LogP contribution in [0, 0.1) is 24.0 Å². The van der Waals surface area contributed by atoms with Gasteiger partial charge in [-0.25, -0.2) is 5.43 Å². The fraction of sp³-hybridized carbons (Fsp3) is 0.0833. The van der Waals surface area contributed by atoms with Gasteiger partial charge in [0.05, 0.1) is 11.1 Å². The van der Waals surface area contributed by atoms with Crippen molar-refractivity contribution in [1.29, 1.82) is 0 Å². The molecule has 0 saturated carbocycles. The number of anilines is 5. The third-order valence-electron chi connectivity index (χ3n) is 4.75. The van der Waals surface area contributed by atoms with Crippen LogP contribution in [0.5, 0.6) is 0 Å². The van der Waals surface area contributed by atoms with E-state index >= 15 is 0 Å². The third-order valence-corrected chi connectivity index (χ3v) is 4.75. The zero-order valence-corrected chi connectivity index (χ0v) is 18.6. The lowest BCUT2D eigenvalue weighted by atomic mass is 10.1. The number of hydrogen-bond donors (Lipinski definition) is 3. The molecule has 0 spiro atoms. The highest BCUT2D eigenvalue weighted by atomic mass is 16.6. The number of benzene rings is 3. The first kappa shape index (κ1) is 22.3. The van der Waals surface area contributed by atoms with Crippen LogP contribution in [0.2, 0.25) is 0 Å². The van der Waals surface area contributed by atoms with E-state index in [9.17, 15) is 10.1 Å². The zero-order chi connectivity index (χ0) is 23.9. The molecule has 170 valence electrons. The van der Waals surface area contributed by atoms with E-state index in [1.807, 2.05) is 56.3 Å². The summed E-state index contributed by atoms with van der Waals surface area (Å²) in [7, 11) is 0. The Hall–Kier alpha value is -4.86. The van der Waals surface area contributed by atoms with Crippen molar-refractivity contribution in [2.75, 3.05) is 16.1 Å². The van der Waals surface area contributed by atoms with Crippen LogP contribution in [0.25, 0.3) is 0 Å². The van der Waals surface area contributed by atoms with Crippen molar-refractivity contribution in [3.63, 3.8) is 0 Å². The van der Waals surface area contributed by atoms with Crippen LogP contribution in [0.3, 0.4) is 0 Å². The van der Waals surface area contributed by atoms with E-state index in [1.54, 1.807) is 12.1 Å². The first-order valence-corrected chi connectivity index (χ1v) is 10.4. The molecule has 0 aliphatic carbocycles. The molecule has 10 heteroatoms.